The summed E-state index contributed by atoms with van der Waals surface area (Å²) >= 11 is 18.6. The highest BCUT2D eigenvalue weighted by atomic mass is 35.5. The van der Waals surface area contributed by atoms with E-state index in [0.29, 0.717) is 58.4 Å². The van der Waals surface area contributed by atoms with Gasteiger partial charge in [0.1, 0.15) is 0 Å². The molecule has 1 spiro atoms. The Morgan fingerprint density at radius 3 is 2.50 bits per heavy atom. The molecule has 0 atom stereocenters. The van der Waals surface area contributed by atoms with Gasteiger partial charge in [0.15, 0.2) is 11.5 Å². The summed E-state index contributed by atoms with van der Waals surface area (Å²) in [7, 11) is 0. The number of hydrogen-bond donors (Lipinski definition) is 3. The van der Waals surface area contributed by atoms with Crippen molar-refractivity contribution in [1.29, 1.82) is 0 Å². The minimum atomic E-state index is -0.755. The van der Waals surface area contributed by atoms with Gasteiger partial charge in [-0.25, -0.2) is 0 Å². The monoisotopic (exact) mass is 550 g/mol. The normalized spacial score (nSPS) is 19.5. The van der Waals surface area contributed by atoms with Crippen molar-refractivity contribution in [2.45, 2.75) is 50.3 Å². The van der Waals surface area contributed by atoms with Crippen LogP contribution in [0.2, 0.25) is 15.1 Å². The smallest absolute Gasteiger partial charge is 0.258 e. The maximum absolute atomic E-state index is 13.1. The molecule has 3 aliphatic rings. The number of rotatable bonds is 6. The molecular formula is C26H29Cl3N4O3. The van der Waals surface area contributed by atoms with E-state index in [0.717, 1.165) is 31.6 Å². The van der Waals surface area contributed by atoms with E-state index in [4.69, 9.17) is 39.5 Å². The third-order valence-electron chi connectivity index (χ3n) is 7.22. The van der Waals surface area contributed by atoms with Crippen molar-refractivity contribution in [2.24, 2.45) is 0 Å². The first-order chi connectivity index (χ1) is 17.3. The summed E-state index contributed by atoms with van der Waals surface area (Å²) in [5.41, 5.74) is 0.797. The second-order valence-electron chi connectivity index (χ2n) is 9.70. The maximum Gasteiger partial charge on any atom is 0.258 e. The lowest BCUT2D eigenvalue weighted by atomic mass is 9.96. The molecule has 10 heteroatoms. The number of carbonyl (C=O) groups is 2. The third-order valence-corrected chi connectivity index (χ3v) is 8.07. The molecule has 5 rings (SSSR count). The van der Waals surface area contributed by atoms with Crippen LogP contribution in [-0.2, 0) is 0 Å². The van der Waals surface area contributed by atoms with Crippen LogP contribution in [0.3, 0.4) is 0 Å². The van der Waals surface area contributed by atoms with Crippen molar-refractivity contribution >= 4 is 52.3 Å². The highest BCUT2D eigenvalue weighted by Gasteiger charge is 2.43. The molecule has 1 aliphatic carbocycles. The number of amides is 2. The molecule has 2 aromatic carbocycles. The van der Waals surface area contributed by atoms with Crippen LogP contribution in [0.25, 0.3) is 0 Å². The van der Waals surface area contributed by atoms with Crippen LogP contribution in [-0.4, -0.2) is 54.7 Å². The van der Waals surface area contributed by atoms with Crippen LogP contribution in [0.5, 0.6) is 5.75 Å². The zero-order chi connectivity index (χ0) is 25.3. The van der Waals surface area contributed by atoms with Gasteiger partial charge in [0.05, 0.1) is 26.9 Å². The number of benzene rings is 2. The summed E-state index contributed by atoms with van der Waals surface area (Å²) in [6, 6.07) is 8.89. The number of carbonyl (C=O) groups excluding carboxylic acids is 2. The molecule has 3 N–H and O–H groups in total. The van der Waals surface area contributed by atoms with Crippen molar-refractivity contribution in [1.82, 2.24) is 15.5 Å². The third kappa shape index (κ3) is 5.40. The van der Waals surface area contributed by atoms with E-state index < -0.39 is 5.72 Å². The van der Waals surface area contributed by atoms with E-state index in [1.54, 1.807) is 24.3 Å². The quantitative estimate of drug-likeness (QED) is 0.451. The predicted octanol–water partition coefficient (Wildman–Crippen LogP) is 5.35. The SMILES string of the molecule is O=C1NC2(CCN(CCNC(=O)c3c(Cl)cccc3Cl)CC2)Oc2c(NC3CCCC3)cc(Cl)cc21. The first-order valence-corrected chi connectivity index (χ1v) is 13.5. The van der Waals surface area contributed by atoms with E-state index in [-0.39, 0.29) is 17.4 Å². The molecule has 2 heterocycles. The van der Waals surface area contributed by atoms with Crippen molar-refractivity contribution in [3.8, 4) is 5.75 Å². The van der Waals surface area contributed by atoms with Gasteiger partial charge in [0.2, 0.25) is 0 Å². The molecule has 0 aromatic heterocycles. The van der Waals surface area contributed by atoms with Gasteiger partial charge in [0, 0.05) is 50.1 Å². The highest BCUT2D eigenvalue weighted by Crippen LogP contribution is 2.41. The van der Waals surface area contributed by atoms with Gasteiger partial charge in [-0.3, -0.25) is 9.59 Å². The fraction of sp³-hybridized carbons (Fsp3) is 0.462. The van der Waals surface area contributed by atoms with Crippen molar-refractivity contribution in [3.05, 3.63) is 56.5 Å². The Balaban J connectivity index is 1.19. The van der Waals surface area contributed by atoms with Crippen LogP contribution in [0.15, 0.2) is 30.3 Å². The van der Waals surface area contributed by atoms with Crippen LogP contribution in [0.1, 0.15) is 59.2 Å². The number of hydrogen-bond acceptors (Lipinski definition) is 5. The fourth-order valence-corrected chi connectivity index (χ4v) is 6.05. The molecule has 2 fully saturated rings. The summed E-state index contributed by atoms with van der Waals surface area (Å²) < 4.78 is 6.52. The molecule has 1 saturated heterocycles. The molecule has 36 heavy (non-hydrogen) atoms. The lowest BCUT2D eigenvalue weighted by Gasteiger charge is -2.45. The lowest BCUT2D eigenvalue weighted by Crippen LogP contribution is -2.61. The lowest BCUT2D eigenvalue weighted by molar-refractivity contribution is -0.0281. The van der Waals surface area contributed by atoms with E-state index in [1.807, 2.05) is 6.07 Å². The second-order valence-corrected chi connectivity index (χ2v) is 11.0. The molecule has 7 nitrogen and oxygen atoms in total. The van der Waals surface area contributed by atoms with Crippen LogP contribution in [0.4, 0.5) is 5.69 Å². The number of fused-ring (bicyclic) bond motifs is 1. The summed E-state index contributed by atoms with van der Waals surface area (Å²) in [6.45, 7) is 2.56. The Labute approximate surface area is 225 Å². The van der Waals surface area contributed by atoms with Gasteiger partial charge in [0.25, 0.3) is 11.8 Å². The second kappa shape index (κ2) is 10.7. The minimum Gasteiger partial charge on any atom is -0.465 e. The average Bonchev–Trinajstić information content (AvgIpc) is 3.34. The molecule has 2 aromatic rings. The van der Waals surface area contributed by atoms with Crippen molar-refractivity contribution < 1.29 is 14.3 Å². The molecular weight excluding hydrogens is 523 g/mol. The van der Waals surface area contributed by atoms with Crippen molar-refractivity contribution in [2.75, 3.05) is 31.5 Å². The van der Waals surface area contributed by atoms with Gasteiger partial charge >= 0.3 is 0 Å². The standard InChI is InChI=1S/C26H29Cl3N4O3/c27-16-14-18-23(21(15-16)31-17-4-1-2-5-17)36-26(32-24(18)34)8-11-33(12-9-26)13-10-30-25(35)22-19(28)6-3-7-20(22)29/h3,6-7,14-15,17,31H,1-2,4-5,8-13H2,(H,30,35)(H,32,34). The summed E-state index contributed by atoms with van der Waals surface area (Å²) in [5.74, 6) is 0.137. The molecule has 192 valence electrons. The van der Waals surface area contributed by atoms with Gasteiger partial charge < -0.3 is 25.6 Å². The van der Waals surface area contributed by atoms with E-state index in [1.165, 1.54) is 12.8 Å². The largest absolute Gasteiger partial charge is 0.465 e. The van der Waals surface area contributed by atoms with Crippen LogP contribution in [0, 0.1) is 0 Å². The first-order valence-electron chi connectivity index (χ1n) is 12.4. The summed E-state index contributed by atoms with van der Waals surface area (Å²) in [4.78, 5) is 27.8. The number of nitrogens with zero attached hydrogens (tertiary/aromatic N) is 1. The Bertz CT molecular complexity index is 1140. The first kappa shape index (κ1) is 25.5. The van der Waals surface area contributed by atoms with E-state index in [2.05, 4.69) is 20.9 Å². The number of likely N-dealkylation sites (tertiary alicyclic amines) is 1. The van der Waals surface area contributed by atoms with Crippen LogP contribution < -0.4 is 20.7 Å². The Kier molecular flexibility index (Phi) is 7.54. The minimum absolute atomic E-state index is 0.162. The Hall–Kier alpha value is -2.19. The van der Waals surface area contributed by atoms with E-state index in [9.17, 15) is 9.59 Å². The number of halogens is 3. The van der Waals surface area contributed by atoms with Gasteiger partial charge in [-0.2, -0.15) is 0 Å². The Morgan fingerprint density at radius 2 is 1.81 bits per heavy atom. The number of piperidine rings is 1. The average molecular weight is 552 g/mol. The molecule has 0 bridgehead atoms. The van der Waals surface area contributed by atoms with E-state index >= 15 is 0 Å². The number of nitrogens with one attached hydrogen (secondary N) is 3. The molecule has 2 aliphatic heterocycles. The maximum atomic E-state index is 13.1. The van der Waals surface area contributed by atoms with Gasteiger partial charge in [-0.05, 0) is 37.1 Å². The molecule has 2 amide bonds. The van der Waals surface area contributed by atoms with Crippen molar-refractivity contribution in [3.63, 3.8) is 0 Å². The van der Waals surface area contributed by atoms with Crippen LogP contribution >= 0.6 is 34.8 Å². The number of anilines is 1. The zero-order valence-corrected chi connectivity index (χ0v) is 22.1. The summed E-state index contributed by atoms with van der Waals surface area (Å²) in [5, 5.41) is 10.7. The van der Waals surface area contributed by atoms with Gasteiger partial charge in [-0.15, -0.1) is 0 Å². The molecule has 0 unspecified atom stereocenters. The highest BCUT2D eigenvalue weighted by molar-refractivity contribution is 6.39. The number of ether oxygens (including phenoxy) is 1. The predicted molar refractivity (Wildman–Crippen MR) is 143 cm³/mol. The van der Waals surface area contributed by atoms with Gasteiger partial charge in [-0.1, -0.05) is 53.7 Å². The topological polar surface area (TPSA) is 82.7 Å². The summed E-state index contributed by atoms with van der Waals surface area (Å²) in [6.07, 6.45) is 5.88. The molecule has 0 radical (unpaired) electrons. The fourth-order valence-electron chi connectivity index (χ4n) is 5.26. The molecule has 1 saturated carbocycles. The Morgan fingerprint density at radius 1 is 1.11 bits per heavy atom. The zero-order valence-electron chi connectivity index (χ0n) is 19.8.